The van der Waals surface area contributed by atoms with Crippen LogP contribution >= 0.6 is 0 Å². The van der Waals surface area contributed by atoms with Gasteiger partial charge in [-0.3, -0.25) is 9.35 Å². The van der Waals surface area contributed by atoms with Gasteiger partial charge in [0.15, 0.2) is 5.82 Å². The molecule has 0 aromatic carbocycles. The number of nitrogens with one attached hydrogen (secondary N) is 3. The lowest BCUT2D eigenvalue weighted by Gasteiger charge is -2.24. The number of H-pyrrole nitrogens is 1. The third kappa shape index (κ3) is 3.68. The van der Waals surface area contributed by atoms with Crippen LogP contribution in [0.1, 0.15) is 29.7 Å². The first-order valence-electron chi connectivity index (χ1n) is 6.46. The first kappa shape index (κ1) is 16.5. The van der Waals surface area contributed by atoms with E-state index >= 15 is 0 Å². The van der Waals surface area contributed by atoms with Gasteiger partial charge >= 0.3 is 0 Å². The van der Waals surface area contributed by atoms with E-state index in [9.17, 15) is 18.3 Å². The summed E-state index contributed by atoms with van der Waals surface area (Å²) in [6.07, 6.45) is 2.08. The van der Waals surface area contributed by atoms with E-state index in [1.807, 2.05) is 4.98 Å². The molecule has 2 heterocycles. The zero-order valence-electron chi connectivity index (χ0n) is 11.4. The molecule has 1 aromatic heterocycles. The van der Waals surface area contributed by atoms with Crippen molar-refractivity contribution in [1.82, 2.24) is 9.97 Å². The third-order valence-corrected chi connectivity index (χ3v) is 3.98. The Hall–Kier alpha value is -1.82. The number of hydrogen-bond donors (Lipinski definition) is 5. The Morgan fingerprint density at radius 1 is 1.45 bits per heavy atom. The molecule has 0 spiro atoms. The van der Waals surface area contributed by atoms with E-state index in [-0.39, 0.29) is 17.4 Å². The Balaban J connectivity index is 2.39. The second kappa shape index (κ2) is 6.52. The number of rotatable bonds is 5. The number of aliphatic hydroxyl groups excluding tert-OH is 1. The number of nitrogens with zero attached hydrogens (tertiary/aromatic N) is 1. The summed E-state index contributed by atoms with van der Waals surface area (Å²) in [5, 5.41) is 19.7. The molecule has 0 aliphatic carbocycles. The number of aromatic nitrogens is 2. The van der Waals surface area contributed by atoms with Gasteiger partial charge in [-0.25, -0.2) is 4.98 Å². The highest BCUT2D eigenvalue weighted by Gasteiger charge is 2.27. The summed E-state index contributed by atoms with van der Waals surface area (Å²) in [6.45, 7) is 1.06. The van der Waals surface area contributed by atoms with E-state index in [0.717, 1.165) is 6.21 Å². The Morgan fingerprint density at radius 2 is 2.09 bits per heavy atom. The maximum atomic E-state index is 11.9. The molecule has 122 valence electrons. The number of ether oxygens (including phenoxy) is 1. The average molecular weight is 332 g/mol. The number of hydrogen-bond acceptors (Lipinski definition) is 8. The van der Waals surface area contributed by atoms with Crippen LogP contribution in [-0.4, -0.2) is 53.5 Å². The predicted octanol–water partition coefficient (Wildman–Crippen LogP) is -0.763. The van der Waals surface area contributed by atoms with Crippen LogP contribution in [0.3, 0.4) is 0 Å². The van der Waals surface area contributed by atoms with Crippen molar-refractivity contribution < 1.29 is 22.8 Å². The third-order valence-electron chi connectivity index (χ3n) is 3.20. The molecule has 5 N–H and O–H groups in total. The van der Waals surface area contributed by atoms with E-state index in [1.54, 1.807) is 0 Å². The van der Waals surface area contributed by atoms with Crippen molar-refractivity contribution in [3.05, 3.63) is 21.7 Å². The van der Waals surface area contributed by atoms with Gasteiger partial charge < -0.3 is 25.6 Å². The Morgan fingerprint density at radius 3 is 2.64 bits per heavy atom. The number of aromatic amines is 1. The van der Waals surface area contributed by atoms with Crippen molar-refractivity contribution in [2.75, 3.05) is 18.5 Å². The monoisotopic (exact) mass is 332 g/mol. The molecule has 10 nitrogen and oxygen atoms in total. The van der Waals surface area contributed by atoms with Crippen LogP contribution in [-0.2, 0) is 14.9 Å². The largest absolute Gasteiger partial charge is 0.381 e. The number of aliphatic hydroxyl groups is 1. The molecule has 0 saturated carbocycles. The second-order valence-corrected chi connectivity index (χ2v) is 6.23. The van der Waals surface area contributed by atoms with Crippen LogP contribution in [0.2, 0.25) is 0 Å². The SMILES string of the molecule is N=Cc1c(NC2CCOCC2)nc(C(O)S(=O)(=O)O)[nH]c1=O. The molecule has 1 aromatic rings. The van der Waals surface area contributed by atoms with Crippen LogP contribution in [0.15, 0.2) is 4.79 Å². The van der Waals surface area contributed by atoms with Gasteiger partial charge in [-0.05, 0) is 12.8 Å². The standard InChI is InChI=1S/C11H16N4O6S/c12-5-7-8(13-6-1-3-21-4-2-6)14-9(15-10(7)16)11(17)22(18,19)20/h5-6,11-12,17H,1-4H2,(H,18,19,20)(H2,13,14,15,16). The maximum absolute atomic E-state index is 11.9. The fraction of sp³-hybridized carbons (Fsp3) is 0.545. The molecule has 1 aliphatic heterocycles. The van der Waals surface area contributed by atoms with E-state index < -0.39 is 26.9 Å². The number of anilines is 1. The fourth-order valence-electron chi connectivity index (χ4n) is 2.04. The molecule has 1 fully saturated rings. The van der Waals surface area contributed by atoms with Gasteiger partial charge in [0.2, 0.25) is 5.44 Å². The highest BCUT2D eigenvalue weighted by molar-refractivity contribution is 7.85. The van der Waals surface area contributed by atoms with Crippen molar-refractivity contribution in [3.63, 3.8) is 0 Å². The molecule has 0 amide bonds. The molecule has 11 heteroatoms. The van der Waals surface area contributed by atoms with E-state index in [4.69, 9.17) is 14.7 Å². The van der Waals surface area contributed by atoms with Gasteiger partial charge in [0.25, 0.3) is 15.7 Å². The topological polar surface area (TPSA) is 165 Å². The average Bonchev–Trinajstić information content (AvgIpc) is 2.46. The van der Waals surface area contributed by atoms with Crippen molar-refractivity contribution in [2.24, 2.45) is 0 Å². The molecule has 2 rings (SSSR count). The minimum absolute atomic E-state index is 0.0247. The van der Waals surface area contributed by atoms with Gasteiger partial charge in [0.1, 0.15) is 5.82 Å². The lowest BCUT2D eigenvalue weighted by molar-refractivity contribution is 0.0903. The van der Waals surface area contributed by atoms with Crippen LogP contribution < -0.4 is 10.9 Å². The van der Waals surface area contributed by atoms with Crippen LogP contribution in [0.25, 0.3) is 0 Å². The summed E-state index contributed by atoms with van der Waals surface area (Å²) in [5.41, 5.74) is -3.26. The molecular weight excluding hydrogens is 316 g/mol. The first-order valence-corrected chi connectivity index (χ1v) is 7.96. The zero-order chi connectivity index (χ0) is 16.3. The Bertz CT molecular complexity index is 710. The molecule has 1 unspecified atom stereocenters. The molecule has 1 saturated heterocycles. The molecule has 0 radical (unpaired) electrons. The van der Waals surface area contributed by atoms with Gasteiger partial charge in [-0.1, -0.05) is 0 Å². The quantitative estimate of drug-likeness (QED) is 0.346. The van der Waals surface area contributed by atoms with E-state index in [1.165, 1.54) is 0 Å². The summed E-state index contributed by atoms with van der Waals surface area (Å²) < 4.78 is 36.0. The normalized spacial score (nSPS) is 17.9. The lowest BCUT2D eigenvalue weighted by Crippen LogP contribution is -2.31. The van der Waals surface area contributed by atoms with Crippen molar-refractivity contribution in [3.8, 4) is 0 Å². The molecular formula is C11H16N4O6S. The predicted molar refractivity (Wildman–Crippen MR) is 76.7 cm³/mol. The van der Waals surface area contributed by atoms with Crippen molar-refractivity contribution >= 4 is 22.2 Å². The van der Waals surface area contributed by atoms with Gasteiger partial charge in [0, 0.05) is 25.5 Å². The zero-order valence-corrected chi connectivity index (χ0v) is 12.3. The van der Waals surface area contributed by atoms with Crippen molar-refractivity contribution in [2.45, 2.75) is 24.3 Å². The van der Waals surface area contributed by atoms with E-state index in [2.05, 4.69) is 10.3 Å². The smallest absolute Gasteiger partial charge is 0.299 e. The Kier molecular flexibility index (Phi) is 4.90. The van der Waals surface area contributed by atoms with Gasteiger partial charge in [-0.15, -0.1) is 0 Å². The summed E-state index contributed by atoms with van der Waals surface area (Å²) in [4.78, 5) is 17.7. The van der Waals surface area contributed by atoms with Crippen LogP contribution in [0.5, 0.6) is 0 Å². The van der Waals surface area contributed by atoms with Gasteiger partial charge in [-0.2, -0.15) is 8.42 Å². The highest BCUT2D eigenvalue weighted by atomic mass is 32.2. The lowest BCUT2D eigenvalue weighted by atomic mass is 10.1. The highest BCUT2D eigenvalue weighted by Crippen LogP contribution is 2.18. The Labute approximate surface area is 125 Å². The second-order valence-electron chi connectivity index (χ2n) is 4.76. The molecule has 22 heavy (non-hydrogen) atoms. The first-order chi connectivity index (χ1) is 10.3. The van der Waals surface area contributed by atoms with E-state index in [0.29, 0.717) is 26.1 Å². The summed E-state index contributed by atoms with van der Waals surface area (Å²) in [7, 11) is -4.82. The summed E-state index contributed by atoms with van der Waals surface area (Å²) in [5.74, 6) is -0.643. The van der Waals surface area contributed by atoms with Crippen LogP contribution in [0.4, 0.5) is 5.82 Å². The minimum atomic E-state index is -4.82. The fourth-order valence-corrected chi connectivity index (χ4v) is 2.43. The summed E-state index contributed by atoms with van der Waals surface area (Å²) in [6, 6.07) is -0.0579. The maximum Gasteiger partial charge on any atom is 0.299 e. The minimum Gasteiger partial charge on any atom is -0.381 e. The molecule has 1 aliphatic rings. The molecule has 0 bridgehead atoms. The van der Waals surface area contributed by atoms with Gasteiger partial charge in [0.05, 0.1) is 5.56 Å². The molecule has 1 atom stereocenters. The van der Waals surface area contributed by atoms with Crippen LogP contribution in [0, 0.1) is 5.41 Å². The summed E-state index contributed by atoms with van der Waals surface area (Å²) >= 11 is 0. The van der Waals surface area contributed by atoms with Crippen molar-refractivity contribution in [1.29, 1.82) is 5.41 Å².